The largest absolute Gasteiger partial charge is 0.507 e. The normalized spacial score (nSPS) is 12.0. The summed E-state index contributed by atoms with van der Waals surface area (Å²) in [6.07, 6.45) is 1.41. The van der Waals surface area contributed by atoms with E-state index in [1.54, 1.807) is 31.2 Å². The number of para-hydroxylation sites is 2. The highest BCUT2D eigenvalue weighted by Gasteiger charge is 2.21. The maximum Gasteiger partial charge on any atom is 0.253 e. The SMILES string of the molecule is Cc1cc(I)ccc1NCc1nnc(SC(C)C(=O)NN=Cc2ccccc2O)n1-c1ccccc1. The monoisotopic (exact) mass is 612 g/mol. The summed E-state index contributed by atoms with van der Waals surface area (Å²) in [4.78, 5) is 12.7. The third-order valence-electron chi connectivity index (χ3n) is 5.31. The lowest BCUT2D eigenvalue weighted by atomic mass is 10.2. The van der Waals surface area contributed by atoms with Gasteiger partial charge in [0.1, 0.15) is 5.75 Å². The number of phenols is 1. The fourth-order valence-electron chi connectivity index (χ4n) is 3.39. The summed E-state index contributed by atoms with van der Waals surface area (Å²) in [6, 6.07) is 22.8. The van der Waals surface area contributed by atoms with E-state index in [9.17, 15) is 9.90 Å². The van der Waals surface area contributed by atoms with Gasteiger partial charge in [0, 0.05) is 20.5 Å². The third kappa shape index (κ3) is 6.43. The Morgan fingerprint density at radius 1 is 1.14 bits per heavy atom. The molecule has 0 radical (unpaired) electrons. The standard InChI is InChI=1S/C26H25IN6O2S/c1-17-14-20(27)12-13-22(17)28-16-24-30-32-26(33(24)21-9-4-3-5-10-21)36-18(2)25(35)31-29-15-19-8-6-7-11-23(19)34/h3-15,18,28,34H,16H2,1-2H3,(H,31,35). The second-order valence-electron chi connectivity index (χ2n) is 7.94. The first-order chi connectivity index (χ1) is 17.4. The molecule has 0 fully saturated rings. The van der Waals surface area contributed by atoms with Crippen LogP contribution in [0.25, 0.3) is 5.69 Å². The summed E-state index contributed by atoms with van der Waals surface area (Å²) in [5.41, 5.74) is 6.13. The number of aryl methyl sites for hydroxylation is 1. The van der Waals surface area contributed by atoms with Crippen LogP contribution in [0, 0.1) is 10.5 Å². The molecule has 1 atom stereocenters. The highest BCUT2D eigenvalue weighted by atomic mass is 127. The van der Waals surface area contributed by atoms with Gasteiger partial charge in [0.15, 0.2) is 11.0 Å². The topological polar surface area (TPSA) is 104 Å². The van der Waals surface area contributed by atoms with Crippen molar-refractivity contribution in [3.8, 4) is 11.4 Å². The Balaban J connectivity index is 1.49. The molecule has 184 valence electrons. The molecule has 0 aliphatic heterocycles. The first-order valence-electron chi connectivity index (χ1n) is 11.2. The number of hydrogen-bond donors (Lipinski definition) is 3. The molecular formula is C26H25IN6O2S. The van der Waals surface area contributed by atoms with Crippen molar-refractivity contribution in [1.82, 2.24) is 20.2 Å². The predicted molar refractivity (Wildman–Crippen MR) is 152 cm³/mol. The zero-order valence-electron chi connectivity index (χ0n) is 19.7. The van der Waals surface area contributed by atoms with E-state index in [4.69, 9.17) is 0 Å². The summed E-state index contributed by atoms with van der Waals surface area (Å²) < 4.78 is 3.13. The molecule has 1 amide bonds. The fraction of sp³-hybridized carbons (Fsp3) is 0.154. The van der Waals surface area contributed by atoms with E-state index in [2.05, 4.69) is 73.8 Å². The molecule has 1 unspecified atom stereocenters. The molecule has 4 rings (SSSR count). The van der Waals surface area contributed by atoms with Crippen LogP contribution in [0.5, 0.6) is 5.75 Å². The van der Waals surface area contributed by atoms with E-state index in [0.29, 0.717) is 17.3 Å². The minimum atomic E-state index is -0.488. The van der Waals surface area contributed by atoms with Crippen molar-refractivity contribution in [2.45, 2.75) is 30.8 Å². The van der Waals surface area contributed by atoms with Crippen LogP contribution in [0.3, 0.4) is 0 Å². The number of nitrogens with zero attached hydrogens (tertiary/aromatic N) is 4. The van der Waals surface area contributed by atoms with E-state index >= 15 is 0 Å². The van der Waals surface area contributed by atoms with Crippen molar-refractivity contribution in [3.63, 3.8) is 0 Å². The first kappa shape index (κ1) is 25.7. The molecule has 3 N–H and O–H groups in total. The number of phenolic OH excluding ortho intramolecular Hbond substituents is 1. The number of anilines is 1. The number of hydrazone groups is 1. The molecule has 36 heavy (non-hydrogen) atoms. The van der Waals surface area contributed by atoms with Crippen molar-refractivity contribution in [2.24, 2.45) is 5.10 Å². The molecule has 8 nitrogen and oxygen atoms in total. The Bertz CT molecular complexity index is 1380. The van der Waals surface area contributed by atoms with Crippen LogP contribution in [0.2, 0.25) is 0 Å². The molecule has 0 aliphatic carbocycles. The first-order valence-corrected chi connectivity index (χ1v) is 13.2. The second kappa shape index (κ2) is 12.0. The number of aromatic hydroxyl groups is 1. The maximum absolute atomic E-state index is 12.7. The predicted octanol–water partition coefficient (Wildman–Crippen LogP) is 5.13. The summed E-state index contributed by atoms with van der Waals surface area (Å²) in [5.74, 6) is 0.533. The number of benzene rings is 3. The summed E-state index contributed by atoms with van der Waals surface area (Å²) in [7, 11) is 0. The summed E-state index contributed by atoms with van der Waals surface area (Å²) in [5, 5.41) is 26.2. The lowest BCUT2D eigenvalue weighted by Gasteiger charge is -2.14. The molecule has 3 aromatic carbocycles. The molecule has 0 spiro atoms. The van der Waals surface area contributed by atoms with Crippen LogP contribution in [0.1, 0.15) is 23.9 Å². The van der Waals surface area contributed by atoms with Gasteiger partial charge in [0.05, 0.1) is 18.0 Å². The molecule has 4 aromatic rings. The number of rotatable bonds is 9. The Morgan fingerprint density at radius 3 is 2.64 bits per heavy atom. The van der Waals surface area contributed by atoms with E-state index in [-0.39, 0.29) is 11.7 Å². The zero-order valence-corrected chi connectivity index (χ0v) is 22.7. The summed E-state index contributed by atoms with van der Waals surface area (Å²) >= 11 is 3.59. The van der Waals surface area contributed by atoms with E-state index in [1.807, 2.05) is 34.9 Å². The average molecular weight is 612 g/mol. The molecular weight excluding hydrogens is 587 g/mol. The van der Waals surface area contributed by atoms with Gasteiger partial charge < -0.3 is 10.4 Å². The average Bonchev–Trinajstić information content (AvgIpc) is 3.27. The van der Waals surface area contributed by atoms with Gasteiger partial charge in [-0.2, -0.15) is 5.10 Å². The lowest BCUT2D eigenvalue weighted by Crippen LogP contribution is -2.27. The number of halogens is 1. The number of amides is 1. The number of carbonyl (C=O) groups excluding carboxylic acids is 1. The van der Waals surface area contributed by atoms with Gasteiger partial charge in [-0.25, -0.2) is 5.43 Å². The Labute approximate surface area is 227 Å². The van der Waals surface area contributed by atoms with Crippen LogP contribution in [-0.2, 0) is 11.3 Å². The van der Waals surface area contributed by atoms with Crippen LogP contribution >= 0.6 is 34.4 Å². The van der Waals surface area contributed by atoms with E-state index < -0.39 is 5.25 Å². The van der Waals surface area contributed by atoms with Crippen molar-refractivity contribution < 1.29 is 9.90 Å². The van der Waals surface area contributed by atoms with Gasteiger partial charge in [0.2, 0.25) is 0 Å². The molecule has 0 aliphatic rings. The zero-order chi connectivity index (χ0) is 25.5. The lowest BCUT2D eigenvalue weighted by molar-refractivity contribution is -0.120. The van der Waals surface area contributed by atoms with Crippen LogP contribution in [0.4, 0.5) is 5.69 Å². The summed E-state index contributed by atoms with van der Waals surface area (Å²) in [6.45, 7) is 4.32. The quantitative estimate of drug-likeness (QED) is 0.105. The van der Waals surface area contributed by atoms with Crippen molar-refractivity contribution in [1.29, 1.82) is 0 Å². The molecule has 10 heteroatoms. The second-order valence-corrected chi connectivity index (χ2v) is 10.5. The Kier molecular flexibility index (Phi) is 8.60. The van der Waals surface area contributed by atoms with Gasteiger partial charge >= 0.3 is 0 Å². The van der Waals surface area contributed by atoms with Crippen molar-refractivity contribution in [2.75, 3.05) is 5.32 Å². The van der Waals surface area contributed by atoms with Crippen LogP contribution in [-0.4, -0.2) is 37.2 Å². The van der Waals surface area contributed by atoms with E-state index in [1.165, 1.54) is 21.5 Å². The Morgan fingerprint density at radius 2 is 1.89 bits per heavy atom. The number of aromatic nitrogens is 3. The maximum atomic E-state index is 12.7. The van der Waals surface area contributed by atoms with Gasteiger partial charge in [-0.05, 0) is 84.5 Å². The Hall–Kier alpha value is -3.38. The van der Waals surface area contributed by atoms with E-state index in [0.717, 1.165) is 22.8 Å². The van der Waals surface area contributed by atoms with Gasteiger partial charge in [-0.1, -0.05) is 42.1 Å². The van der Waals surface area contributed by atoms with Crippen molar-refractivity contribution in [3.05, 3.63) is 93.3 Å². The smallest absolute Gasteiger partial charge is 0.253 e. The van der Waals surface area contributed by atoms with Crippen molar-refractivity contribution >= 4 is 52.2 Å². The minimum Gasteiger partial charge on any atom is -0.507 e. The molecule has 1 heterocycles. The number of nitrogens with one attached hydrogen (secondary N) is 2. The third-order valence-corrected chi connectivity index (χ3v) is 7.02. The van der Waals surface area contributed by atoms with Gasteiger partial charge in [0.25, 0.3) is 5.91 Å². The molecule has 0 bridgehead atoms. The molecule has 0 saturated heterocycles. The number of carbonyl (C=O) groups is 1. The van der Waals surface area contributed by atoms with Crippen LogP contribution < -0.4 is 10.7 Å². The highest BCUT2D eigenvalue weighted by Crippen LogP contribution is 2.27. The number of hydrogen-bond acceptors (Lipinski definition) is 7. The molecule has 0 saturated carbocycles. The van der Waals surface area contributed by atoms with Gasteiger partial charge in [-0.15, -0.1) is 10.2 Å². The highest BCUT2D eigenvalue weighted by molar-refractivity contribution is 14.1. The fourth-order valence-corrected chi connectivity index (χ4v) is 4.92. The molecule has 1 aromatic heterocycles. The van der Waals surface area contributed by atoms with Gasteiger partial charge in [-0.3, -0.25) is 9.36 Å². The van der Waals surface area contributed by atoms with Crippen LogP contribution in [0.15, 0.2) is 83.1 Å². The minimum absolute atomic E-state index is 0.0930. The number of thioether (sulfide) groups is 1.